The number of oxazole rings is 1. The summed E-state index contributed by atoms with van der Waals surface area (Å²) in [5.74, 6) is -3.04. The van der Waals surface area contributed by atoms with Gasteiger partial charge < -0.3 is 24.6 Å². The fraction of sp³-hybridized carbons (Fsp3) is 0.379. The van der Waals surface area contributed by atoms with E-state index in [-0.39, 0.29) is 23.5 Å². The van der Waals surface area contributed by atoms with Crippen LogP contribution < -0.4 is 10.2 Å². The van der Waals surface area contributed by atoms with Crippen molar-refractivity contribution in [1.82, 2.24) is 9.88 Å². The van der Waals surface area contributed by atoms with E-state index in [2.05, 4.69) is 10.3 Å². The molecule has 0 saturated carbocycles. The van der Waals surface area contributed by atoms with Crippen LogP contribution in [0.1, 0.15) is 59.2 Å². The van der Waals surface area contributed by atoms with Gasteiger partial charge in [-0.2, -0.15) is 18.2 Å². The van der Waals surface area contributed by atoms with Crippen LogP contribution in [-0.2, 0) is 11.0 Å². The molecule has 2 aromatic carbocycles. The molecular formula is C29H29F3N4O5. The number of carboxylic acids is 1. The number of piperidine rings is 1. The molecule has 0 bridgehead atoms. The molecule has 2 aliphatic heterocycles. The first kappa shape index (κ1) is 28.2. The van der Waals surface area contributed by atoms with Gasteiger partial charge >= 0.3 is 12.1 Å². The number of hydrogen-bond donors (Lipinski definition) is 2. The fourth-order valence-corrected chi connectivity index (χ4v) is 5.32. The van der Waals surface area contributed by atoms with Gasteiger partial charge in [0.05, 0.1) is 0 Å². The SMILES string of the molecule is CC1CCCN(c2nc(C(F)(F)F)c(C(=O)Nc3ccc(-c4ccc(C(=O)N5CCCC5C(=O)O)cc4)cc3)o2)C1. The number of nitrogens with zero attached hydrogens (tertiary/aromatic N) is 3. The van der Waals surface area contributed by atoms with Crippen LogP contribution in [0.2, 0.25) is 0 Å². The number of rotatable bonds is 6. The Bertz CT molecular complexity index is 1440. The Labute approximate surface area is 234 Å². The number of carboxylic acid groups (broad SMARTS) is 1. The predicted molar refractivity (Wildman–Crippen MR) is 144 cm³/mol. The maximum absolute atomic E-state index is 13.7. The number of hydrogen-bond acceptors (Lipinski definition) is 6. The van der Waals surface area contributed by atoms with Gasteiger partial charge in [-0.25, -0.2) is 4.79 Å². The summed E-state index contributed by atoms with van der Waals surface area (Å²) < 4.78 is 46.4. The first-order valence-electron chi connectivity index (χ1n) is 13.4. The molecule has 9 nitrogen and oxygen atoms in total. The van der Waals surface area contributed by atoms with Crippen LogP contribution >= 0.6 is 0 Å². The number of aromatic nitrogens is 1. The number of halogens is 3. The lowest BCUT2D eigenvalue weighted by atomic mass is 10.0. The molecule has 2 N–H and O–H groups in total. The summed E-state index contributed by atoms with van der Waals surface area (Å²) in [4.78, 5) is 43.7. The van der Waals surface area contributed by atoms with E-state index in [1.54, 1.807) is 53.4 Å². The molecule has 5 rings (SSSR count). The summed E-state index contributed by atoms with van der Waals surface area (Å²) in [5.41, 5.74) is 0.765. The van der Waals surface area contributed by atoms with E-state index in [4.69, 9.17) is 4.42 Å². The third kappa shape index (κ3) is 6.06. The fourth-order valence-electron chi connectivity index (χ4n) is 5.32. The standard InChI is InChI=1S/C29H29F3N4O5/c1-17-4-2-14-35(16-17)28-34-24(29(30,31)32)23(41-28)25(37)33-21-12-10-19(11-13-21)18-6-8-20(9-7-18)26(38)36-15-3-5-22(36)27(39)40/h6-13,17,22H,2-5,14-16H2,1H3,(H,33,37)(H,39,40). The number of benzene rings is 2. The molecule has 0 aliphatic carbocycles. The van der Waals surface area contributed by atoms with Gasteiger partial charge in [0.1, 0.15) is 6.04 Å². The van der Waals surface area contributed by atoms with Crippen LogP contribution in [0.25, 0.3) is 11.1 Å². The molecule has 2 unspecified atom stereocenters. The first-order valence-corrected chi connectivity index (χ1v) is 13.4. The maximum atomic E-state index is 13.7. The molecule has 2 amide bonds. The Kier molecular flexibility index (Phi) is 7.74. The second-order valence-electron chi connectivity index (χ2n) is 10.5. The lowest BCUT2D eigenvalue weighted by molar-refractivity contribution is -0.142. The van der Waals surface area contributed by atoms with Crippen molar-refractivity contribution in [1.29, 1.82) is 0 Å². The summed E-state index contributed by atoms with van der Waals surface area (Å²) in [7, 11) is 0. The Hall–Kier alpha value is -4.35. The van der Waals surface area contributed by atoms with Crippen molar-refractivity contribution >= 4 is 29.5 Å². The Morgan fingerprint density at radius 2 is 1.61 bits per heavy atom. The van der Waals surface area contributed by atoms with Crippen molar-refractivity contribution in [3.63, 3.8) is 0 Å². The van der Waals surface area contributed by atoms with E-state index in [0.717, 1.165) is 24.0 Å². The lowest BCUT2D eigenvalue weighted by Crippen LogP contribution is -2.40. The highest BCUT2D eigenvalue weighted by atomic mass is 19.4. The second kappa shape index (κ2) is 11.3. The minimum atomic E-state index is -4.86. The molecule has 2 fully saturated rings. The zero-order chi connectivity index (χ0) is 29.3. The van der Waals surface area contributed by atoms with Gasteiger partial charge in [-0.3, -0.25) is 9.59 Å². The third-order valence-corrected chi connectivity index (χ3v) is 7.42. The summed E-state index contributed by atoms with van der Waals surface area (Å²) in [6, 6.07) is 12.1. The van der Waals surface area contributed by atoms with E-state index < -0.39 is 35.5 Å². The summed E-state index contributed by atoms with van der Waals surface area (Å²) in [6.07, 6.45) is -2.05. The van der Waals surface area contributed by atoms with Crippen molar-refractivity contribution in [3.8, 4) is 11.1 Å². The predicted octanol–water partition coefficient (Wildman–Crippen LogP) is 5.54. The van der Waals surface area contributed by atoms with Gasteiger partial charge in [-0.05, 0) is 67.0 Å². The van der Waals surface area contributed by atoms with Crippen molar-refractivity contribution < 1.29 is 37.1 Å². The normalized spacial score (nSPS) is 19.3. The Balaban J connectivity index is 1.28. The van der Waals surface area contributed by atoms with Crippen LogP contribution in [0.5, 0.6) is 0 Å². The topological polar surface area (TPSA) is 116 Å². The summed E-state index contributed by atoms with van der Waals surface area (Å²) in [5, 5.41) is 11.8. The van der Waals surface area contributed by atoms with Gasteiger partial charge in [0.15, 0.2) is 5.69 Å². The highest BCUT2D eigenvalue weighted by molar-refractivity contribution is 6.03. The highest BCUT2D eigenvalue weighted by Gasteiger charge is 2.42. The van der Waals surface area contributed by atoms with Gasteiger partial charge in [0, 0.05) is 30.9 Å². The number of anilines is 2. The van der Waals surface area contributed by atoms with E-state index in [1.165, 1.54) is 4.90 Å². The molecule has 0 radical (unpaired) electrons. The number of nitrogens with one attached hydrogen (secondary N) is 1. The Morgan fingerprint density at radius 3 is 2.22 bits per heavy atom. The van der Waals surface area contributed by atoms with E-state index >= 15 is 0 Å². The molecule has 216 valence electrons. The number of likely N-dealkylation sites (tertiary alicyclic amines) is 1. The van der Waals surface area contributed by atoms with Crippen molar-refractivity contribution in [2.24, 2.45) is 5.92 Å². The maximum Gasteiger partial charge on any atom is 0.437 e. The van der Waals surface area contributed by atoms with Gasteiger partial charge in [-0.15, -0.1) is 0 Å². The largest absolute Gasteiger partial charge is 0.480 e. The highest BCUT2D eigenvalue weighted by Crippen LogP contribution is 2.35. The number of carbonyl (C=O) groups excluding carboxylic acids is 2. The zero-order valence-corrected chi connectivity index (χ0v) is 22.3. The van der Waals surface area contributed by atoms with E-state index in [1.807, 2.05) is 6.92 Å². The minimum absolute atomic E-state index is 0.213. The summed E-state index contributed by atoms with van der Waals surface area (Å²) in [6.45, 7) is 3.38. The van der Waals surface area contributed by atoms with E-state index in [0.29, 0.717) is 38.0 Å². The van der Waals surface area contributed by atoms with Crippen LogP contribution in [-0.4, -0.2) is 58.5 Å². The molecule has 1 aromatic heterocycles. The average Bonchev–Trinajstić information content (AvgIpc) is 3.62. The molecule has 41 heavy (non-hydrogen) atoms. The monoisotopic (exact) mass is 570 g/mol. The van der Waals surface area contributed by atoms with Crippen LogP contribution in [0.15, 0.2) is 52.9 Å². The molecule has 2 saturated heterocycles. The second-order valence-corrected chi connectivity index (χ2v) is 10.5. The Morgan fingerprint density at radius 1 is 0.976 bits per heavy atom. The zero-order valence-electron chi connectivity index (χ0n) is 22.3. The first-order chi connectivity index (χ1) is 19.5. The lowest BCUT2D eigenvalue weighted by Gasteiger charge is -2.29. The number of aliphatic carboxylic acids is 1. The molecular weight excluding hydrogens is 541 g/mol. The molecule has 2 aliphatic rings. The number of amides is 2. The van der Waals surface area contributed by atoms with Gasteiger partial charge in [0.2, 0.25) is 5.76 Å². The molecule has 3 heterocycles. The molecule has 12 heteroatoms. The molecule has 2 atom stereocenters. The van der Waals surface area contributed by atoms with Crippen molar-refractivity contribution in [2.75, 3.05) is 29.9 Å². The molecule has 3 aromatic rings. The molecule has 0 spiro atoms. The minimum Gasteiger partial charge on any atom is -0.480 e. The van der Waals surface area contributed by atoms with Crippen LogP contribution in [0, 0.1) is 5.92 Å². The summed E-state index contributed by atoms with van der Waals surface area (Å²) >= 11 is 0. The van der Waals surface area contributed by atoms with E-state index in [9.17, 15) is 32.7 Å². The number of carbonyl (C=O) groups is 3. The van der Waals surface area contributed by atoms with Crippen LogP contribution in [0.4, 0.5) is 24.9 Å². The smallest absolute Gasteiger partial charge is 0.437 e. The van der Waals surface area contributed by atoms with Gasteiger partial charge in [0.25, 0.3) is 17.8 Å². The van der Waals surface area contributed by atoms with Crippen molar-refractivity contribution in [2.45, 2.75) is 44.8 Å². The number of alkyl halides is 3. The van der Waals surface area contributed by atoms with Crippen LogP contribution in [0.3, 0.4) is 0 Å². The average molecular weight is 571 g/mol. The van der Waals surface area contributed by atoms with Gasteiger partial charge in [-0.1, -0.05) is 31.2 Å². The third-order valence-electron chi connectivity index (χ3n) is 7.42. The van der Waals surface area contributed by atoms with Crippen molar-refractivity contribution in [3.05, 3.63) is 65.5 Å². The quantitative estimate of drug-likeness (QED) is 0.400.